The molecule has 0 aliphatic carbocycles. The number of likely N-dealkylation sites (N-methyl/N-ethyl adjacent to an activating group) is 1. The minimum Gasteiger partial charge on any atom is -0.330 e. The maximum atomic E-state index is 13.0. The Morgan fingerprint density at radius 2 is 2.20 bits per heavy atom. The number of halogens is 2. The van der Waals surface area contributed by atoms with E-state index in [0.717, 1.165) is 24.0 Å². The first-order valence-corrected chi connectivity index (χ1v) is 5.19. The molecule has 0 amide bonds. The quantitative estimate of drug-likeness (QED) is 0.852. The Hall–Kier alpha value is -1.06. The predicted molar refractivity (Wildman–Crippen MR) is 60.8 cm³/mol. The molecule has 2 aromatic rings. The summed E-state index contributed by atoms with van der Waals surface area (Å²) in [7, 11) is 1.89. The van der Waals surface area contributed by atoms with E-state index in [2.05, 4.69) is 5.32 Å². The first kappa shape index (κ1) is 10.5. The van der Waals surface area contributed by atoms with Gasteiger partial charge in [0, 0.05) is 24.0 Å². The Morgan fingerprint density at radius 3 is 2.93 bits per heavy atom. The van der Waals surface area contributed by atoms with Gasteiger partial charge in [-0.1, -0.05) is 11.6 Å². The van der Waals surface area contributed by atoms with Crippen LogP contribution in [-0.4, -0.2) is 18.2 Å². The van der Waals surface area contributed by atoms with Gasteiger partial charge in [-0.25, -0.2) is 4.39 Å². The fourth-order valence-corrected chi connectivity index (χ4v) is 1.95. The van der Waals surface area contributed by atoms with Gasteiger partial charge in [0.2, 0.25) is 0 Å². The lowest BCUT2D eigenvalue weighted by Gasteiger charge is -2.06. The van der Waals surface area contributed by atoms with Gasteiger partial charge >= 0.3 is 0 Å². The number of benzene rings is 1. The number of aromatic nitrogens is 1. The Morgan fingerprint density at radius 1 is 1.40 bits per heavy atom. The zero-order valence-corrected chi connectivity index (χ0v) is 9.18. The molecule has 2 nitrogen and oxygen atoms in total. The highest BCUT2D eigenvalue weighted by Gasteiger charge is 2.06. The van der Waals surface area contributed by atoms with Gasteiger partial charge in [0.1, 0.15) is 11.0 Å². The minimum atomic E-state index is -0.232. The van der Waals surface area contributed by atoms with Crippen molar-refractivity contribution in [2.75, 3.05) is 13.6 Å². The van der Waals surface area contributed by atoms with Gasteiger partial charge in [-0.05, 0) is 31.3 Å². The van der Waals surface area contributed by atoms with E-state index in [1.165, 1.54) is 12.1 Å². The standard InChI is InChI=1S/C11H12ClFN2/c1-14-4-5-15-10-3-2-9(13)6-8(10)7-11(15)12/h2-3,6-7,14H,4-5H2,1H3. The van der Waals surface area contributed by atoms with Crippen molar-refractivity contribution in [1.82, 2.24) is 9.88 Å². The lowest BCUT2D eigenvalue weighted by Crippen LogP contribution is -2.14. The molecule has 4 heteroatoms. The van der Waals surface area contributed by atoms with Gasteiger partial charge in [0.15, 0.2) is 0 Å². The van der Waals surface area contributed by atoms with Gasteiger partial charge in [-0.15, -0.1) is 0 Å². The molecular formula is C11H12ClFN2. The average Bonchev–Trinajstić information content (AvgIpc) is 2.50. The van der Waals surface area contributed by atoms with E-state index in [-0.39, 0.29) is 5.82 Å². The highest BCUT2D eigenvalue weighted by molar-refractivity contribution is 6.30. The molecule has 0 spiro atoms. The van der Waals surface area contributed by atoms with Gasteiger partial charge < -0.3 is 9.88 Å². The summed E-state index contributed by atoms with van der Waals surface area (Å²) >= 11 is 6.07. The summed E-state index contributed by atoms with van der Waals surface area (Å²) in [6.07, 6.45) is 0. The molecule has 0 aliphatic rings. The van der Waals surface area contributed by atoms with Gasteiger partial charge in [-0.2, -0.15) is 0 Å². The highest BCUT2D eigenvalue weighted by atomic mass is 35.5. The molecule has 1 N–H and O–H groups in total. The van der Waals surface area contributed by atoms with Gasteiger partial charge in [-0.3, -0.25) is 0 Å². The molecular weight excluding hydrogens is 215 g/mol. The molecule has 0 saturated heterocycles. The van der Waals surface area contributed by atoms with Crippen molar-refractivity contribution >= 4 is 22.5 Å². The van der Waals surface area contributed by atoms with Crippen LogP contribution in [0.25, 0.3) is 10.9 Å². The zero-order valence-electron chi connectivity index (χ0n) is 8.43. The minimum absolute atomic E-state index is 0.232. The first-order valence-electron chi connectivity index (χ1n) is 4.81. The van der Waals surface area contributed by atoms with Crippen LogP contribution in [0.5, 0.6) is 0 Å². The van der Waals surface area contributed by atoms with Gasteiger partial charge in [0.05, 0.1) is 0 Å². The maximum Gasteiger partial charge on any atom is 0.123 e. The first-order chi connectivity index (χ1) is 7.22. The van der Waals surface area contributed by atoms with Crippen LogP contribution in [0.1, 0.15) is 0 Å². The van der Waals surface area contributed by atoms with Crippen molar-refractivity contribution in [3.63, 3.8) is 0 Å². The number of nitrogens with one attached hydrogen (secondary N) is 1. The third kappa shape index (κ3) is 1.98. The lowest BCUT2D eigenvalue weighted by atomic mass is 10.2. The smallest absolute Gasteiger partial charge is 0.123 e. The molecule has 0 bridgehead atoms. The monoisotopic (exact) mass is 226 g/mol. The van der Waals surface area contributed by atoms with Crippen molar-refractivity contribution in [3.8, 4) is 0 Å². The molecule has 15 heavy (non-hydrogen) atoms. The molecule has 1 aromatic heterocycles. The average molecular weight is 227 g/mol. The molecule has 0 atom stereocenters. The summed E-state index contributed by atoms with van der Waals surface area (Å²) in [6, 6.07) is 6.49. The molecule has 0 saturated carbocycles. The SMILES string of the molecule is CNCCn1c(Cl)cc2cc(F)ccc21. The van der Waals surface area contributed by atoms with Crippen LogP contribution in [-0.2, 0) is 6.54 Å². The summed E-state index contributed by atoms with van der Waals surface area (Å²) in [5.41, 5.74) is 0.969. The highest BCUT2D eigenvalue weighted by Crippen LogP contribution is 2.24. The summed E-state index contributed by atoms with van der Waals surface area (Å²) < 4.78 is 14.9. The van der Waals surface area contributed by atoms with E-state index >= 15 is 0 Å². The van der Waals surface area contributed by atoms with Crippen molar-refractivity contribution < 1.29 is 4.39 Å². The van der Waals surface area contributed by atoms with E-state index in [0.29, 0.717) is 5.15 Å². The number of nitrogens with zero attached hydrogens (tertiary/aromatic N) is 1. The number of hydrogen-bond donors (Lipinski definition) is 1. The molecule has 0 aliphatic heterocycles. The predicted octanol–water partition coefficient (Wildman–Crippen LogP) is 2.65. The summed E-state index contributed by atoms with van der Waals surface area (Å²) in [4.78, 5) is 0. The molecule has 2 rings (SSSR count). The lowest BCUT2D eigenvalue weighted by molar-refractivity contribution is 0.629. The third-order valence-corrected chi connectivity index (χ3v) is 2.71. The van der Waals surface area contributed by atoms with Crippen LogP contribution in [0, 0.1) is 5.82 Å². The number of hydrogen-bond acceptors (Lipinski definition) is 1. The molecule has 80 valence electrons. The summed E-state index contributed by atoms with van der Waals surface area (Å²) in [5.74, 6) is -0.232. The van der Waals surface area contributed by atoms with E-state index in [1.807, 2.05) is 11.6 Å². The Labute approximate surface area is 92.6 Å². The van der Waals surface area contributed by atoms with E-state index in [4.69, 9.17) is 11.6 Å². The molecule has 0 fully saturated rings. The largest absolute Gasteiger partial charge is 0.330 e. The second-order valence-electron chi connectivity index (χ2n) is 3.43. The fourth-order valence-electron chi connectivity index (χ4n) is 1.66. The van der Waals surface area contributed by atoms with Crippen LogP contribution >= 0.6 is 11.6 Å². The zero-order chi connectivity index (χ0) is 10.8. The number of rotatable bonds is 3. The third-order valence-electron chi connectivity index (χ3n) is 2.40. The molecule has 0 radical (unpaired) electrons. The van der Waals surface area contributed by atoms with Crippen LogP contribution in [0.4, 0.5) is 4.39 Å². The summed E-state index contributed by atoms with van der Waals surface area (Å²) in [5, 5.41) is 4.54. The van der Waals surface area contributed by atoms with E-state index in [9.17, 15) is 4.39 Å². The van der Waals surface area contributed by atoms with Crippen LogP contribution in [0.15, 0.2) is 24.3 Å². The normalized spacial score (nSPS) is 11.1. The van der Waals surface area contributed by atoms with Crippen molar-refractivity contribution in [2.45, 2.75) is 6.54 Å². The fraction of sp³-hybridized carbons (Fsp3) is 0.273. The Kier molecular flexibility index (Phi) is 2.93. The van der Waals surface area contributed by atoms with Gasteiger partial charge in [0.25, 0.3) is 0 Å². The maximum absolute atomic E-state index is 13.0. The van der Waals surface area contributed by atoms with Crippen LogP contribution in [0.2, 0.25) is 5.15 Å². The van der Waals surface area contributed by atoms with E-state index < -0.39 is 0 Å². The van der Waals surface area contributed by atoms with Crippen molar-refractivity contribution in [1.29, 1.82) is 0 Å². The van der Waals surface area contributed by atoms with Crippen LogP contribution < -0.4 is 5.32 Å². The topological polar surface area (TPSA) is 17.0 Å². The second-order valence-corrected chi connectivity index (χ2v) is 3.81. The van der Waals surface area contributed by atoms with Crippen LogP contribution in [0.3, 0.4) is 0 Å². The Bertz CT molecular complexity index is 479. The molecule has 0 unspecified atom stereocenters. The van der Waals surface area contributed by atoms with Crippen molar-refractivity contribution in [2.24, 2.45) is 0 Å². The molecule has 1 aromatic carbocycles. The molecule has 1 heterocycles. The van der Waals surface area contributed by atoms with E-state index in [1.54, 1.807) is 12.1 Å². The summed E-state index contributed by atoms with van der Waals surface area (Å²) in [6.45, 7) is 1.62. The second kappa shape index (κ2) is 4.21. The number of fused-ring (bicyclic) bond motifs is 1. The van der Waals surface area contributed by atoms with Crippen molar-refractivity contribution in [3.05, 3.63) is 35.2 Å². The Balaban J connectivity index is 2.48.